The van der Waals surface area contributed by atoms with Gasteiger partial charge in [-0.15, -0.1) is 0 Å². The van der Waals surface area contributed by atoms with Gasteiger partial charge in [-0.2, -0.15) is 5.10 Å². The van der Waals surface area contributed by atoms with E-state index in [0.29, 0.717) is 12.0 Å². The number of carbonyl (C=O) groups excluding carboxylic acids is 1. The number of hydrogen-bond donors (Lipinski definition) is 4. The number of hydrogen-bond acceptors (Lipinski definition) is 6. The first-order valence-corrected chi connectivity index (χ1v) is 9.34. The van der Waals surface area contributed by atoms with Gasteiger partial charge in [0.05, 0.1) is 13.3 Å². The number of phenols is 1. The molecule has 4 N–H and O–H groups in total. The lowest BCUT2D eigenvalue weighted by atomic mass is 10.0. The van der Waals surface area contributed by atoms with Gasteiger partial charge in [0.25, 0.3) is 5.91 Å². The maximum absolute atomic E-state index is 12.5. The van der Waals surface area contributed by atoms with Crippen molar-refractivity contribution in [2.75, 3.05) is 7.11 Å². The first kappa shape index (κ1) is 18.9. The number of rotatable bonds is 5. The van der Waals surface area contributed by atoms with Gasteiger partial charge in [0.15, 0.2) is 0 Å². The molecule has 29 heavy (non-hydrogen) atoms. The summed E-state index contributed by atoms with van der Waals surface area (Å²) in [5.74, 6) is 0.659. The van der Waals surface area contributed by atoms with Crippen molar-refractivity contribution >= 4 is 22.9 Å². The first-order chi connectivity index (χ1) is 14.2. The van der Waals surface area contributed by atoms with Crippen LogP contribution in [-0.4, -0.2) is 30.4 Å². The Bertz CT molecular complexity index is 1050. The monoisotopic (exact) mass is 390 g/mol. The largest absolute Gasteiger partial charge is 0.507 e. The van der Waals surface area contributed by atoms with Crippen molar-refractivity contribution in [3.63, 3.8) is 0 Å². The van der Waals surface area contributed by atoms with Crippen molar-refractivity contribution < 1.29 is 14.6 Å². The predicted octanol–water partition coefficient (Wildman–Crippen LogP) is 2.61. The van der Waals surface area contributed by atoms with Crippen LogP contribution in [0.4, 0.5) is 0 Å². The number of fused-ring (bicyclic) bond motifs is 1. The van der Waals surface area contributed by atoms with Gasteiger partial charge in [0.1, 0.15) is 17.5 Å². The summed E-state index contributed by atoms with van der Waals surface area (Å²) >= 11 is 0. The fourth-order valence-corrected chi connectivity index (χ4v) is 3.44. The molecule has 0 aliphatic carbocycles. The van der Waals surface area contributed by atoms with E-state index in [-0.39, 0.29) is 17.7 Å². The maximum Gasteiger partial charge on any atom is 0.258 e. The summed E-state index contributed by atoms with van der Waals surface area (Å²) in [6.07, 6.45) is 2.06. The highest BCUT2D eigenvalue weighted by Crippen LogP contribution is 2.26. The van der Waals surface area contributed by atoms with E-state index in [9.17, 15) is 9.90 Å². The predicted molar refractivity (Wildman–Crippen MR) is 112 cm³/mol. The molecule has 1 fully saturated rings. The number of carbonyl (C=O) groups is 1. The number of ether oxygens (including phenoxy) is 1. The molecule has 0 radical (unpaired) electrons. The normalized spacial score (nSPS) is 18.9. The van der Waals surface area contributed by atoms with Crippen LogP contribution in [-0.2, 0) is 4.79 Å². The van der Waals surface area contributed by atoms with Crippen LogP contribution in [0.2, 0.25) is 0 Å². The summed E-state index contributed by atoms with van der Waals surface area (Å²) < 4.78 is 5.17. The standard InChI is InChI=1S/C22H22N4O3/c1-29-16-9-6-15(7-10-16)19-12-20(25-24-19)22(28)26-23-13-18-17-5-3-2-4-14(17)8-11-21(18)27/h2-11,13,19-20,24-25,27H,12H2,1H3,(H,26,28)/b23-13+. The summed E-state index contributed by atoms with van der Waals surface area (Å²) in [6.45, 7) is 0. The molecule has 0 bridgehead atoms. The summed E-state index contributed by atoms with van der Waals surface area (Å²) in [5, 5.41) is 16.1. The second kappa shape index (κ2) is 8.30. The van der Waals surface area contributed by atoms with E-state index in [1.165, 1.54) is 6.21 Å². The van der Waals surface area contributed by atoms with E-state index in [4.69, 9.17) is 4.74 Å². The zero-order valence-corrected chi connectivity index (χ0v) is 15.9. The zero-order chi connectivity index (χ0) is 20.2. The molecule has 0 saturated carbocycles. The van der Waals surface area contributed by atoms with Gasteiger partial charge in [-0.1, -0.05) is 42.5 Å². The van der Waals surface area contributed by atoms with Gasteiger partial charge in [-0.25, -0.2) is 16.3 Å². The lowest BCUT2D eigenvalue weighted by Crippen LogP contribution is -2.41. The van der Waals surface area contributed by atoms with Crippen LogP contribution in [0, 0.1) is 0 Å². The minimum absolute atomic E-state index is 0.0164. The molecule has 0 aromatic heterocycles. The van der Waals surface area contributed by atoms with Crippen molar-refractivity contribution in [3.05, 3.63) is 71.8 Å². The number of hydrazine groups is 1. The third-order valence-corrected chi connectivity index (χ3v) is 5.05. The minimum atomic E-state index is -0.416. The Balaban J connectivity index is 1.40. The molecule has 1 heterocycles. The third kappa shape index (κ3) is 4.06. The summed E-state index contributed by atoms with van der Waals surface area (Å²) in [6, 6.07) is 18.5. The van der Waals surface area contributed by atoms with E-state index >= 15 is 0 Å². The maximum atomic E-state index is 12.5. The van der Waals surface area contributed by atoms with E-state index < -0.39 is 6.04 Å². The highest BCUT2D eigenvalue weighted by molar-refractivity contribution is 6.02. The second-order valence-corrected chi connectivity index (χ2v) is 6.86. The molecule has 2 atom stereocenters. The summed E-state index contributed by atoms with van der Waals surface area (Å²) in [7, 11) is 1.63. The van der Waals surface area contributed by atoms with Crippen LogP contribution in [0.3, 0.4) is 0 Å². The Morgan fingerprint density at radius 2 is 1.93 bits per heavy atom. The Kier molecular flexibility index (Phi) is 5.41. The number of benzene rings is 3. The number of amides is 1. The van der Waals surface area contributed by atoms with E-state index in [1.54, 1.807) is 13.2 Å². The quantitative estimate of drug-likeness (QED) is 0.397. The first-order valence-electron chi connectivity index (χ1n) is 9.34. The van der Waals surface area contributed by atoms with Crippen molar-refractivity contribution in [1.29, 1.82) is 0 Å². The van der Waals surface area contributed by atoms with Crippen molar-refractivity contribution in [3.8, 4) is 11.5 Å². The molecule has 148 valence electrons. The molecule has 4 rings (SSSR count). The van der Waals surface area contributed by atoms with Crippen LogP contribution in [0.15, 0.2) is 65.8 Å². The molecule has 2 unspecified atom stereocenters. The fraction of sp³-hybridized carbons (Fsp3) is 0.182. The molecule has 1 aliphatic rings. The minimum Gasteiger partial charge on any atom is -0.507 e. The van der Waals surface area contributed by atoms with Crippen LogP contribution in [0.5, 0.6) is 11.5 Å². The van der Waals surface area contributed by atoms with Gasteiger partial charge in [-0.05, 0) is 41.0 Å². The highest BCUT2D eigenvalue weighted by Gasteiger charge is 2.30. The second-order valence-electron chi connectivity index (χ2n) is 6.86. The van der Waals surface area contributed by atoms with E-state index in [0.717, 1.165) is 22.1 Å². The van der Waals surface area contributed by atoms with Crippen LogP contribution < -0.4 is 21.0 Å². The van der Waals surface area contributed by atoms with Gasteiger partial charge in [0, 0.05) is 11.6 Å². The Morgan fingerprint density at radius 3 is 2.72 bits per heavy atom. The molecule has 0 spiro atoms. The molecule has 7 nitrogen and oxygen atoms in total. The molecular weight excluding hydrogens is 368 g/mol. The zero-order valence-electron chi connectivity index (χ0n) is 15.9. The van der Waals surface area contributed by atoms with Gasteiger partial charge >= 0.3 is 0 Å². The van der Waals surface area contributed by atoms with Crippen molar-refractivity contribution in [2.45, 2.75) is 18.5 Å². The number of nitrogens with zero attached hydrogens (tertiary/aromatic N) is 1. The highest BCUT2D eigenvalue weighted by atomic mass is 16.5. The number of nitrogens with one attached hydrogen (secondary N) is 3. The Morgan fingerprint density at radius 1 is 1.14 bits per heavy atom. The van der Waals surface area contributed by atoms with Crippen LogP contribution in [0.1, 0.15) is 23.6 Å². The number of aromatic hydroxyl groups is 1. The fourth-order valence-electron chi connectivity index (χ4n) is 3.44. The Hall–Kier alpha value is -3.42. The van der Waals surface area contributed by atoms with Crippen LogP contribution in [0.25, 0.3) is 10.8 Å². The van der Waals surface area contributed by atoms with E-state index in [1.807, 2.05) is 54.6 Å². The SMILES string of the molecule is COc1ccc(C2CC(C(=O)N/N=C/c3c(O)ccc4ccccc34)NN2)cc1. The molecule has 3 aromatic rings. The molecule has 1 amide bonds. The lowest BCUT2D eigenvalue weighted by Gasteiger charge is -2.10. The smallest absolute Gasteiger partial charge is 0.258 e. The number of hydrazone groups is 1. The molecule has 3 aromatic carbocycles. The molecule has 1 saturated heterocycles. The average Bonchev–Trinajstić information content (AvgIpc) is 3.26. The van der Waals surface area contributed by atoms with Crippen molar-refractivity contribution in [2.24, 2.45) is 5.10 Å². The molecular formula is C22H22N4O3. The average molecular weight is 390 g/mol. The lowest BCUT2D eigenvalue weighted by molar-refractivity contribution is -0.122. The third-order valence-electron chi connectivity index (χ3n) is 5.05. The van der Waals surface area contributed by atoms with Gasteiger partial charge < -0.3 is 9.84 Å². The summed E-state index contributed by atoms with van der Waals surface area (Å²) in [5.41, 5.74) is 10.3. The topological polar surface area (TPSA) is 95.0 Å². The molecule has 1 aliphatic heterocycles. The Labute approximate surface area is 168 Å². The molecule has 7 heteroatoms. The van der Waals surface area contributed by atoms with Gasteiger partial charge in [0.2, 0.25) is 0 Å². The number of methoxy groups -OCH3 is 1. The van der Waals surface area contributed by atoms with Crippen LogP contribution >= 0.6 is 0 Å². The van der Waals surface area contributed by atoms with E-state index in [2.05, 4.69) is 21.4 Å². The van der Waals surface area contributed by atoms with Crippen molar-refractivity contribution in [1.82, 2.24) is 16.3 Å². The number of phenolic OH excluding ortho intramolecular Hbond substituents is 1. The summed E-state index contributed by atoms with van der Waals surface area (Å²) in [4.78, 5) is 12.5. The van der Waals surface area contributed by atoms with Gasteiger partial charge in [-0.3, -0.25) is 4.79 Å².